The van der Waals surface area contributed by atoms with Crippen molar-refractivity contribution in [1.82, 2.24) is 5.32 Å². The van der Waals surface area contributed by atoms with Gasteiger partial charge in [-0.15, -0.1) is 11.3 Å². The highest BCUT2D eigenvalue weighted by atomic mass is 32.1. The number of fused-ring (bicyclic) bond motifs is 1. The Labute approximate surface area is 151 Å². The molecule has 6 nitrogen and oxygen atoms in total. The fourth-order valence-corrected chi connectivity index (χ4v) is 4.58. The first-order valence-electron chi connectivity index (χ1n) is 8.91. The Morgan fingerprint density at radius 1 is 1.20 bits per heavy atom. The highest BCUT2D eigenvalue weighted by Gasteiger charge is 2.31. The fourth-order valence-electron chi connectivity index (χ4n) is 3.15. The molecule has 3 N–H and O–H groups in total. The van der Waals surface area contributed by atoms with Crippen molar-refractivity contribution in [2.75, 3.05) is 5.32 Å². The van der Waals surface area contributed by atoms with Crippen molar-refractivity contribution in [1.29, 1.82) is 0 Å². The van der Waals surface area contributed by atoms with Crippen LogP contribution in [0.3, 0.4) is 0 Å². The molecule has 0 radical (unpaired) electrons. The number of carbonyl (C=O) groups is 3. The number of hydrogen-bond acceptors (Lipinski definition) is 4. The zero-order valence-corrected chi connectivity index (χ0v) is 15.2. The second-order valence-electron chi connectivity index (χ2n) is 7.10. The number of anilines is 1. The van der Waals surface area contributed by atoms with E-state index in [1.54, 1.807) is 0 Å². The number of nitrogens with one attached hydrogen (secondary N) is 2. The lowest BCUT2D eigenvalue weighted by molar-refractivity contribution is -0.137. The number of carbonyl (C=O) groups excluding carboxylic acids is 2. The summed E-state index contributed by atoms with van der Waals surface area (Å²) in [7, 11) is 0. The molecule has 0 aliphatic heterocycles. The van der Waals surface area contributed by atoms with Crippen LogP contribution in [0.25, 0.3) is 0 Å². The van der Waals surface area contributed by atoms with Crippen LogP contribution in [0.4, 0.5) is 5.00 Å². The molecule has 25 heavy (non-hydrogen) atoms. The van der Waals surface area contributed by atoms with Crippen LogP contribution in [0, 0.1) is 5.92 Å². The molecule has 1 heterocycles. The molecule has 1 saturated carbocycles. The van der Waals surface area contributed by atoms with Gasteiger partial charge in [0, 0.05) is 23.8 Å². The molecule has 2 aliphatic rings. The van der Waals surface area contributed by atoms with Crippen molar-refractivity contribution in [3.05, 3.63) is 16.0 Å². The number of carboxylic acids is 1. The van der Waals surface area contributed by atoms with Gasteiger partial charge in [-0.3, -0.25) is 14.4 Å². The zero-order valence-electron chi connectivity index (χ0n) is 14.4. The Morgan fingerprint density at radius 3 is 2.64 bits per heavy atom. The van der Waals surface area contributed by atoms with Gasteiger partial charge in [0.1, 0.15) is 5.00 Å². The monoisotopic (exact) mass is 364 g/mol. The average Bonchev–Trinajstić information content (AvgIpc) is 3.26. The number of thiophene rings is 1. The number of amides is 2. The third kappa shape index (κ3) is 4.60. The van der Waals surface area contributed by atoms with E-state index in [0.29, 0.717) is 22.9 Å². The lowest BCUT2D eigenvalue weighted by atomic mass is 9.88. The molecule has 0 aromatic carbocycles. The maximum Gasteiger partial charge on any atom is 0.303 e. The minimum absolute atomic E-state index is 0.0269. The van der Waals surface area contributed by atoms with Crippen LogP contribution >= 0.6 is 11.3 Å². The molecule has 7 heteroatoms. The first-order chi connectivity index (χ1) is 11.9. The molecule has 1 fully saturated rings. The van der Waals surface area contributed by atoms with Gasteiger partial charge in [0.15, 0.2) is 0 Å². The van der Waals surface area contributed by atoms with Gasteiger partial charge < -0.3 is 15.7 Å². The van der Waals surface area contributed by atoms with Crippen molar-refractivity contribution in [2.45, 2.75) is 64.3 Å². The molecular formula is C18H24N2O4S. The van der Waals surface area contributed by atoms with E-state index in [0.717, 1.165) is 37.7 Å². The van der Waals surface area contributed by atoms with Crippen molar-refractivity contribution in [3.63, 3.8) is 0 Å². The molecule has 1 aromatic heterocycles. The second kappa shape index (κ2) is 7.56. The molecule has 2 amide bonds. The summed E-state index contributed by atoms with van der Waals surface area (Å²) in [4.78, 5) is 36.6. The number of rotatable bonds is 7. The second-order valence-corrected chi connectivity index (χ2v) is 8.20. The highest BCUT2D eigenvalue weighted by Crippen LogP contribution is 2.40. The molecule has 0 spiro atoms. The molecule has 0 unspecified atom stereocenters. The summed E-state index contributed by atoms with van der Waals surface area (Å²) in [6.07, 6.45) is 5.33. The van der Waals surface area contributed by atoms with Gasteiger partial charge in [-0.05, 0) is 50.0 Å². The van der Waals surface area contributed by atoms with Crippen LogP contribution in [-0.2, 0) is 22.4 Å². The maximum absolute atomic E-state index is 12.7. The van der Waals surface area contributed by atoms with Crippen LogP contribution in [0.1, 0.15) is 66.2 Å². The normalized spacial score (nSPS) is 19.2. The van der Waals surface area contributed by atoms with Crippen LogP contribution < -0.4 is 10.6 Å². The summed E-state index contributed by atoms with van der Waals surface area (Å²) in [5.41, 5.74) is 1.72. The quantitative estimate of drug-likeness (QED) is 0.693. The standard InChI is InChI=1S/C18H24N2O4S/c1-10-5-8-12-13(9-10)25-18(16(12)17(24)19-11-6-7-11)20-14(21)3-2-4-15(22)23/h10-11H,2-9H2,1H3,(H,19,24)(H,20,21)(H,22,23)/t10-/m1/s1. The number of aliphatic carboxylic acids is 1. The summed E-state index contributed by atoms with van der Waals surface area (Å²) >= 11 is 1.50. The first kappa shape index (κ1) is 17.9. The van der Waals surface area contributed by atoms with Crippen LogP contribution in [0.2, 0.25) is 0 Å². The molecule has 0 saturated heterocycles. The summed E-state index contributed by atoms with van der Waals surface area (Å²) in [6.45, 7) is 2.21. The molecular weight excluding hydrogens is 340 g/mol. The maximum atomic E-state index is 12.7. The van der Waals surface area contributed by atoms with E-state index < -0.39 is 5.97 Å². The predicted octanol–water partition coefficient (Wildman–Crippen LogP) is 2.96. The van der Waals surface area contributed by atoms with Gasteiger partial charge in [0.25, 0.3) is 5.91 Å². The summed E-state index contributed by atoms with van der Waals surface area (Å²) in [5, 5.41) is 15.2. The Kier molecular flexibility index (Phi) is 5.42. The minimum Gasteiger partial charge on any atom is -0.481 e. The minimum atomic E-state index is -0.905. The van der Waals surface area contributed by atoms with E-state index in [1.807, 2.05) is 0 Å². The third-order valence-electron chi connectivity index (χ3n) is 4.70. The van der Waals surface area contributed by atoms with Gasteiger partial charge in [0.05, 0.1) is 5.56 Å². The molecule has 136 valence electrons. The van der Waals surface area contributed by atoms with Crippen molar-refractivity contribution < 1.29 is 19.5 Å². The van der Waals surface area contributed by atoms with E-state index in [1.165, 1.54) is 16.2 Å². The van der Waals surface area contributed by atoms with E-state index in [2.05, 4.69) is 17.6 Å². The largest absolute Gasteiger partial charge is 0.481 e. The van der Waals surface area contributed by atoms with Gasteiger partial charge in [-0.25, -0.2) is 0 Å². The van der Waals surface area contributed by atoms with Crippen molar-refractivity contribution >= 4 is 34.1 Å². The molecule has 0 bridgehead atoms. The van der Waals surface area contributed by atoms with E-state index >= 15 is 0 Å². The fraction of sp³-hybridized carbons (Fsp3) is 0.611. The lowest BCUT2D eigenvalue weighted by Crippen LogP contribution is -2.27. The predicted molar refractivity (Wildman–Crippen MR) is 96.1 cm³/mol. The SMILES string of the molecule is C[C@@H]1CCc2c(sc(NC(=O)CCCC(=O)O)c2C(=O)NC2CC2)C1. The smallest absolute Gasteiger partial charge is 0.303 e. The van der Waals surface area contributed by atoms with Gasteiger partial charge in [-0.1, -0.05) is 6.92 Å². The molecule has 1 atom stereocenters. The van der Waals surface area contributed by atoms with E-state index in [-0.39, 0.29) is 30.7 Å². The molecule has 1 aromatic rings. The highest BCUT2D eigenvalue weighted by molar-refractivity contribution is 7.17. The summed E-state index contributed by atoms with van der Waals surface area (Å²) in [6, 6.07) is 0.268. The Balaban J connectivity index is 1.75. The summed E-state index contributed by atoms with van der Waals surface area (Å²) < 4.78 is 0. The number of hydrogen-bond donors (Lipinski definition) is 3. The van der Waals surface area contributed by atoms with Crippen LogP contribution in [0.15, 0.2) is 0 Å². The van der Waals surface area contributed by atoms with Crippen LogP contribution in [-0.4, -0.2) is 28.9 Å². The average molecular weight is 364 g/mol. The van der Waals surface area contributed by atoms with Crippen molar-refractivity contribution in [2.24, 2.45) is 5.92 Å². The van der Waals surface area contributed by atoms with Crippen molar-refractivity contribution in [3.8, 4) is 0 Å². The lowest BCUT2D eigenvalue weighted by Gasteiger charge is -2.18. The molecule has 3 rings (SSSR count). The van der Waals surface area contributed by atoms with Crippen LogP contribution in [0.5, 0.6) is 0 Å². The topological polar surface area (TPSA) is 95.5 Å². The number of carboxylic acid groups (broad SMARTS) is 1. The van der Waals surface area contributed by atoms with E-state index in [4.69, 9.17) is 5.11 Å². The third-order valence-corrected chi connectivity index (χ3v) is 5.87. The zero-order chi connectivity index (χ0) is 18.0. The Hall–Kier alpha value is -1.89. The Bertz CT molecular complexity index is 693. The van der Waals surface area contributed by atoms with E-state index in [9.17, 15) is 14.4 Å². The van der Waals surface area contributed by atoms with Gasteiger partial charge in [-0.2, -0.15) is 0 Å². The Morgan fingerprint density at radius 2 is 1.96 bits per heavy atom. The molecule has 2 aliphatic carbocycles. The van der Waals surface area contributed by atoms with Gasteiger partial charge >= 0.3 is 5.97 Å². The van der Waals surface area contributed by atoms with Gasteiger partial charge in [0.2, 0.25) is 5.91 Å². The first-order valence-corrected chi connectivity index (χ1v) is 9.72. The summed E-state index contributed by atoms with van der Waals surface area (Å²) in [5.74, 6) is -0.633.